The summed E-state index contributed by atoms with van der Waals surface area (Å²) in [7, 11) is 1.71. The largest absolute Gasteiger partial charge is 0.393 e. The lowest BCUT2D eigenvalue weighted by Gasteiger charge is -2.13. The molecule has 1 N–H and O–H groups in total. The van der Waals surface area contributed by atoms with Gasteiger partial charge in [-0.3, -0.25) is 0 Å². The van der Waals surface area contributed by atoms with Crippen LogP contribution < -0.4 is 0 Å². The van der Waals surface area contributed by atoms with Gasteiger partial charge in [0.2, 0.25) is 0 Å². The summed E-state index contributed by atoms with van der Waals surface area (Å²) in [5.41, 5.74) is 0. The first-order valence-electron chi connectivity index (χ1n) is 6.00. The Kier molecular flexibility index (Phi) is 6.20. The first-order chi connectivity index (χ1) is 6.83. The number of ether oxygens (including phenoxy) is 1. The number of hydrogen-bond donors (Lipinski definition) is 1. The molecule has 1 rings (SSSR count). The van der Waals surface area contributed by atoms with Gasteiger partial charge in [0.1, 0.15) is 0 Å². The van der Waals surface area contributed by atoms with Gasteiger partial charge in [-0.25, -0.2) is 0 Å². The van der Waals surface area contributed by atoms with E-state index < -0.39 is 0 Å². The summed E-state index contributed by atoms with van der Waals surface area (Å²) >= 11 is 0. The van der Waals surface area contributed by atoms with Crippen molar-refractivity contribution >= 4 is 0 Å². The molecule has 0 bridgehead atoms. The Morgan fingerprint density at radius 1 is 1.29 bits per heavy atom. The zero-order valence-electron chi connectivity index (χ0n) is 9.37. The minimum absolute atomic E-state index is 0.0919. The normalized spacial score (nSPS) is 20.1. The van der Waals surface area contributed by atoms with E-state index in [1.165, 1.54) is 32.1 Å². The molecule has 1 atom stereocenters. The number of rotatable bonds is 7. The molecule has 84 valence electrons. The maximum absolute atomic E-state index is 9.68. The van der Waals surface area contributed by atoms with Gasteiger partial charge in [-0.2, -0.15) is 0 Å². The summed E-state index contributed by atoms with van der Waals surface area (Å²) < 4.78 is 4.96. The lowest BCUT2D eigenvalue weighted by atomic mass is 9.98. The van der Waals surface area contributed by atoms with E-state index in [4.69, 9.17) is 4.74 Å². The van der Waals surface area contributed by atoms with Crippen LogP contribution in [0, 0.1) is 5.92 Å². The van der Waals surface area contributed by atoms with Gasteiger partial charge in [0, 0.05) is 13.7 Å². The van der Waals surface area contributed by atoms with Crippen molar-refractivity contribution in [3.8, 4) is 0 Å². The first kappa shape index (κ1) is 12.0. The molecule has 0 heterocycles. The molecule has 1 unspecified atom stereocenters. The SMILES string of the molecule is COCCCC(O)CCC1CCCC1. The molecular weight excluding hydrogens is 176 g/mol. The molecule has 1 saturated carbocycles. The van der Waals surface area contributed by atoms with Gasteiger partial charge >= 0.3 is 0 Å². The molecule has 1 fully saturated rings. The van der Waals surface area contributed by atoms with Crippen LogP contribution in [0.15, 0.2) is 0 Å². The van der Waals surface area contributed by atoms with Crippen LogP contribution in [0.25, 0.3) is 0 Å². The molecule has 0 spiro atoms. The fraction of sp³-hybridized carbons (Fsp3) is 1.00. The monoisotopic (exact) mass is 200 g/mol. The number of aliphatic hydroxyl groups excluding tert-OH is 1. The predicted molar refractivity (Wildman–Crippen MR) is 58.3 cm³/mol. The molecule has 0 aliphatic heterocycles. The molecule has 2 heteroatoms. The summed E-state index contributed by atoms with van der Waals surface area (Å²) in [5.74, 6) is 0.909. The van der Waals surface area contributed by atoms with Crippen LogP contribution in [0.5, 0.6) is 0 Å². The zero-order chi connectivity index (χ0) is 10.2. The fourth-order valence-electron chi connectivity index (χ4n) is 2.33. The van der Waals surface area contributed by atoms with Crippen molar-refractivity contribution in [1.29, 1.82) is 0 Å². The van der Waals surface area contributed by atoms with Crippen molar-refractivity contribution in [2.75, 3.05) is 13.7 Å². The minimum Gasteiger partial charge on any atom is -0.393 e. The predicted octanol–water partition coefficient (Wildman–Crippen LogP) is 2.74. The Labute approximate surface area is 87.7 Å². The highest BCUT2D eigenvalue weighted by molar-refractivity contribution is 4.69. The van der Waals surface area contributed by atoms with Crippen LogP contribution in [0.2, 0.25) is 0 Å². The highest BCUT2D eigenvalue weighted by Crippen LogP contribution is 2.29. The van der Waals surface area contributed by atoms with Crippen molar-refractivity contribution in [3.63, 3.8) is 0 Å². The van der Waals surface area contributed by atoms with Gasteiger partial charge in [-0.05, 0) is 31.6 Å². The molecule has 0 aromatic heterocycles. The van der Waals surface area contributed by atoms with E-state index in [0.717, 1.165) is 31.8 Å². The topological polar surface area (TPSA) is 29.5 Å². The van der Waals surface area contributed by atoms with Gasteiger partial charge in [0.05, 0.1) is 6.10 Å². The third kappa shape index (κ3) is 4.97. The van der Waals surface area contributed by atoms with Crippen molar-refractivity contribution in [2.24, 2.45) is 5.92 Å². The minimum atomic E-state index is -0.0919. The van der Waals surface area contributed by atoms with E-state index >= 15 is 0 Å². The summed E-state index contributed by atoms with van der Waals surface area (Å²) in [6.07, 6.45) is 9.63. The Bertz CT molecular complexity index is 130. The first-order valence-corrected chi connectivity index (χ1v) is 6.00. The van der Waals surface area contributed by atoms with Crippen molar-refractivity contribution < 1.29 is 9.84 Å². The van der Waals surface area contributed by atoms with Gasteiger partial charge < -0.3 is 9.84 Å². The fourth-order valence-corrected chi connectivity index (χ4v) is 2.33. The Morgan fingerprint density at radius 3 is 2.64 bits per heavy atom. The van der Waals surface area contributed by atoms with Crippen LogP contribution in [-0.4, -0.2) is 24.9 Å². The number of aliphatic hydroxyl groups is 1. The molecular formula is C12H24O2. The second-order valence-corrected chi connectivity index (χ2v) is 4.52. The third-order valence-electron chi connectivity index (χ3n) is 3.27. The van der Waals surface area contributed by atoms with Crippen LogP contribution in [0.1, 0.15) is 51.4 Å². The molecule has 0 aromatic rings. The number of methoxy groups -OCH3 is 1. The molecule has 2 nitrogen and oxygen atoms in total. The lowest BCUT2D eigenvalue weighted by Crippen LogP contribution is -2.09. The van der Waals surface area contributed by atoms with Crippen molar-refractivity contribution in [3.05, 3.63) is 0 Å². The highest BCUT2D eigenvalue weighted by atomic mass is 16.5. The number of hydrogen-bond acceptors (Lipinski definition) is 2. The average molecular weight is 200 g/mol. The molecule has 0 saturated heterocycles. The van der Waals surface area contributed by atoms with Crippen LogP contribution in [0.4, 0.5) is 0 Å². The maximum atomic E-state index is 9.68. The smallest absolute Gasteiger partial charge is 0.0541 e. The van der Waals surface area contributed by atoms with E-state index in [0.29, 0.717) is 0 Å². The quantitative estimate of drug-likeness (QED) is 0.640. The second kappa shape index (κ2) is 7.24. The van der Waals surface area contributed by atoms with Gasteiger partial charge in [0.25, 0.3) is 0 Å². The standard InChI is InChI=1S/C12H24O2/c1-14-10-4-7-12(13)9-8-11-5-2-3-6-11/h11-13H,2-10H2,1H3. The van der Waals surface area contributed by atoms with Crippen molar-refractivity contribution in [1.82, 2.24) is 0 Å². The van der Waals surface area contributed by atoms with Gasteiger partial charge in [-0.1, -0.05) is 25.7 Å². The van der Waals surface area contributed by atoms with Crippen LogP contribution in [0.3, 0.4) is 0 Å². The molecule has 0 radical (unpaired) electrons. The zero-order valence-corrected chi connectivity index (χ0v) is 9.37. The summed E-state index contributed by atoms with van der Waals surface area (Å²) in [6, 6.07) is 0. The molecule has 1 aliphatic carbocycles. The summed E-state index contributed by atoms with van der Waals surface area (Å²) in [5, 5.41) is 9.68. The lowest BCUT2D eigenvalue weighted by molar-refractivity contribution is 0.122. The van der Waals surface area contributed by atoms with E-state index in [9.17, 15) is 5.11 Å². The van der Waals surface area contributed by atoms with Gasteiger partial charge in [-0.15, -0.1) is 0 Å². The summed E-state index contributed by atoms with van der Waals surface area (Å²) in [6.45, 7) is 0.778. The molecule has 0 aromatic carbocycles. The Morgan fingerprint density at radius 2 is 2.00 bits per heavy atom. The van der Waals surface area contributed by atoms with Gasteiger partial charge in [0.15, 0.2) is 0 Å². The highest BCUT2D eigenvalue weighted by Gasteiger charge is 2.16. The Balaban J connectivity index is 1.93. The summed E-state index contributed by atoms with van der Waals surface area (Å²) in [4.78, 5) is 0. The third-order valence-corrected chi connectivity index (χ3v) is 3.27. The average Bonchev–Trinajstić information content (AvgIpc) is 2.68. The Hall–Kier alpha value is -0.0800. The molecule has 0 amide bonds. The van der Waals surface area contributed by atoms with E-state index in [1.807, 2.05) is 0 Å². The van der Waals surface area contributed by atoms with Crippen molar-refractivity contribution in [2.45, 2.75) is 57.5 Å². The van der Waals surface area contributed by atoms with E-state index in [-0.39, 0.29) is 6.10 Å². The van der Waals surface area contributed by atoms with Crippen LogP contribution in [-0.2, 0) is 4.74 Å². The van der Waals surface area contributed by atoms with Crippen LogP contribution >= 0.6 is 0 Å². The molecule has 14 heavy (non-hydrogen) atoms. The van der Waals surface area contributed by atoms with E-state index in [1.54, 1.807) is 7.11 Å². The second-order valence-electron chi connectivity index (χ2n) is 4.52. The maximum Gasteiger partial charge on any atom is 0.0541 e. The molecule has 1 aliphatic rings. The van der Waals surface area contributed by atoms with E-state index in [2.05, 4.69) is 0 Å².